The van der Waals surface area contributed by atoms with Crippen molar-refractivity contribution in [3.05, 3.63) is 18.3 Å². The molecule has 2 atom stereocenters. The van der Waals surface area contributed by atoms with Crippen molar-refractivity contribution in [3.8, 4) is 11.6 Å². The number of nitrogens with zero attached hydrogens (tertiary/aromatic N) is 1. The summed E-state index contributed by atoms with van der Waals surface area (Å²) < 4.78 is 17.7. The van der Waals surface area contributed by atoms with Crippen LogP contribution in [-0.4, -0.2) is 43.5 Å². The van der Waals surface area contributed by atoms with E-state index in [-0.39, 0.29) is 12.2 Å². The minimum Gasteiger partial charge on any atom is -0.482 e. The van der Waals surface area contributed by atoms with Crippen LogP contribution in [0.25, 0.3) is 0 Å². The molecule has 1 aromatic heterocycles. The fourth-order valence-corrected chi connectivity index (χ4v) is 2.52. The van der Waals surface area contributed by atoms with Crippen LogP contribution in [0, 0.1) is 5.92 Å². The zero-order chi connectivity index (χ0) is 15.8. The predicted molar refractivity (Wildman–Crippen MR) is 86.5 cm³/mol. The molecule has 1 N–H and O–H groups in total. The van der Waals surface area contributed by atoms with Crippen LogP contribution in [0.2, 0.25) is 0 Å². The molecule has 0 aliphatic carbocycles. The van der Waals surface area contributed by atoms with Crippen LogP contribution in [-0.2, 0) is 4.74 Å². The second-order valence-corrected chi connectivity index (χ2v) is 5.98. The van der Waals surface area contributed by atoms with E-state index in [1.165, 1.54) is 0 Å². The first-order valence-corrected chi connectivity index (χ1v) is 8.27. The van der Waals surface area contributed by atoms with Gasteiger partial charge in [-0.05, 0) is 37.8 Å². The molecule has 0 bridgehead atoms. The lowest BCUT2D eigenvalue weighted by Crippen LogP contribution is -2.47. The van der Waals surface area contributed by atoms with E-state index in [1.54, 1.807) is 6.20 Å². The molecule has 1 aliphatic rings. The number of pyridine rings is 1. The molecule has 1 unspecified atom stereocenters. The van der Waals surface area contributed by atoms with Crippen molar-refractivity contribution in [1.82, 2.24) is 10.3 Å². The Balaban J connectivity index is 2.07. The Kier molecular flexibility index (Phi) is 6.93. The number of ether oxygens (including phenoxy) is 3. The molecule has 124 valence electrons. The Bertz CT molecular complexity index is 434. The van der Waals surface area contributed by atoms with Crippen LogP contribution in [0.4, 0.5) is 0 Å². The minimum absolute atomic E-state index is 0.0126. The predicted octanol–water partition coefficient (Wildman–Crippen LogP) is 2.65. The maximum absolute atomic E-state index is 6.24. The van der Waals surface area contributed by atoms with Gasteiger partial charge in [0.05, 0.1) is 13.2 Å². The third kappa shape index (κ3) is 5.14. The second kappa shape index (κ2) is 8.96. The third-order valence-corrected chi connectivity index (χ3v) is 3.70. The van der Waals surface area contributed by atoms with E-state index >= 15 is 0 Å². The van der Waals surface area contributed by atoms with Crippen LogP contribution in [0.15, 0.2) is 18.3 Å². The summed E-state index contributed by atoms with van der Waals surface area (Å²) in [5, 5.41) is 3.38. The standard InChI is InChI=1S/C17H28N2O3/c1-4-20-17-15(6-5-9-19-17)22-14(8-7-13(2)3)16-12-18-10-11-21-16/h5-6,9,13-14,16,18H,4,7-8,10-12H2,1-3H3/t14?,16-/m0/s1. The molecule has 1 saturated heterocycles. The molecule has 2 heterocycles. The van der Waals surface area contributed by atoms with E-state index in [4.69, 9.17) is 14.2 Å². The summed E-state index contributed by atoms with van der Waals surface area (Å²) in [6.45, 7) is 9.45. The molecular weight excluding hydrogens is 280 g/mol. The summed E-state index contributed by atoms with van der Waals surface area (Å²) in [4.78, 5) is 4.26. The van der Waals surface area contributed by atoms with Crippen LogP contribution < -0.4 is 14.8 Å². The number of nitrogens with one attached hydrogen (secondary N) is 1. The minimum atomic E-state index is 0.0126. The first-order valence-electron chi connectivity index (χ1n) is 8.27. The number of aromatic nitrogens is 1. The van der Waals surface area contributed by atoms with Gasteiger partial charge in [0.25, 0.3) is 5.88 Å². The smallest absolute Gasteiger partial charge is 0.256 e. The number of rotatable bonds is 8. The van der Waals surface area contributed by atoms with Crippen molar-refractivity contribution >= 4 is 0 Å². The zero-order valence-corrected chi connectivity index (χ0v) is 13.9. The van der Waals surface area contributed by atoms with Crippen molar-refractivity contribution < 1.29 is 14.2 Å². The quantitative estimate of drug-likeness (QED) is 0.800. The molecule has 22 heavy (non-hydrogen) atoms. The van der Waals surface area contributed by atoms with Crippen LogP contribution in [0.3, 0.4) is 0 Å². The average molecular weight is 308 g/mol. The molecule has 1 aliphatic heterocycles. The second-order valence-electron chi connectivity index (χ2n) is 5.98. The molecule has 0 spiro atoms. The van der Waals surface area contributed by atoms with Crippen molar-refractivity contribution in [1.29, 1.82) is 0 Å². The Hall–Kier alpha value is -1.33. The summed E-state index contributed by atoms with van der Waals surface area (Å²) >= 11 is 0. The number of hydrogen-bond donors (Lipinski definition) is 1. The maximum atomic E-state index is 6.24. The largest absolute Gasteiger partial charge is 0.482 e. The molecule has 2 rings (SSSR count). The lowest BCUT2D eigenvalue weighted by molar-refractivity contribution is -0.0466. The number of hydrogen-bond acceptors (Lipinski definition) is 5. The third-order valence-electron chi connectivity index (χ3n) is 3.70. The van der Waals surface area contributed by atoms with E-state index < -0.39 is 0 Å². The summed E-state index contributed by atoms with van der Waals surface area (Å²) in [5.41, 5.74) is 0. The monoisotopic (exact) mass is 308 g/mol. The molecule has 1 fully saturated rings. The van der Waals surface area contributed by atoms with Gasteiger partial charge in [0.15, 0.2) is 5.75 Å². The summed E-state index contributed by atoms with van der Waals surface area (Å²) in [6, 6.07) is 3.79. The van der Waals surface area contributed by atoms with Crippen molar-refractivity contribution in [2.45, 2.75) is 45.8 Å². The lowest BCUT2D eigenvalue weighted by Gasteiger charge is -2.32. The molecule has 1 aromatic rings. The van der Waals surface area contributed by atoms with Gasteiger partial charge in [0.2, 0.25) is 0 Å². The average Bonchev–Trinajstić information content (AvgIpc) is 2.54. The van der Waals surface area contributed by atoms with Crippen LogP contribution in [0.1, 0.15) is 33.6 Å². The molecular formula is C17H28N2O3. The lowest BCUT2D eigenvalue weighted by atomic mass is 10.0. The van der Waals surface area contributed by atoms with E-state index in [0.29, 0.717) is 24.2 Å². The zero-order valence-electron chi connectivity index (χ0n) is 13.9. The van der Waals surface area contributed by atoms with Crippen LogP contribution >= 0.6 is 0 Å². The number of morpholine rings is 1. The van der Waals surface area contributed by atoms with Gasteiger partial charge in [0.1, 0.15) is 12.2 Å². The highest BCUT2D eigenvalue weighted by atomic mass is 16.6. The molecule has 0 radical (unpaired) electrons. The Morgan fingerprint density at radius 3 is 2.95 bits per heavy atom. The molecule has 0 aromatic carbocycles. The van der Waals surface area contributed by atoms with Crippen LogP contribution in [0.5, 0.6) is 11.6 Å². The fourth-order valence-electron chi connectivity index (χ4n) is 2.52. The first kappa shape index (κ1) is 17.0. The van der Waals surface area contributed by atoms with Crippen molar-refractivity contribution in [3.63, 3.8) is 0 Å². The SMILES string of the molecule is CCOc1ncccc1OC(CCC(C)C)[C@@H]1CNCCO1. The Labute approximate surface area is 133 Å². The maximum Gasteiger partial charge on any atom is 0.256 e. The van der Waals surface area contributed by atoms with Gasteiger partial charge in [-0.15, -0.1) is 0 Å². The summed E-state index contributed by atoms with van der Waals surface area (Å²) in [5.74, 6) is 1.90. The highest BCUT2D eigenvalue weighted by Crippen LogP contribution is 2.27. The Morgan fingerprint density at radius 2 is 2.27 bits per heavy atom. The van der Waals surface area contributed by atoms with Gasteiger partial charge >= 0.3 is 0 Å². The molecule has 0 saturated carbocycles. The van der Waals surface area contributed by atoms with Crippen molar-refractivity contribution in [2.75, 3.05) is 26.3 Å². The van der Waals surface area contributed by atoms with E-state index in [9.17, 15) is 0 Å². The van der Waals surface area contributed by atoms with E-state index in [2.05, 4.69) is 24.1 Å². The van der Waals surface area contributed by atoms with Gasteiger partial charge in [-0.1, -0.05) is 13.8 Å². The fraction of sp³-hybridized carbons (Fsp3) is 0.706. The highest BCUT2D eigenvalue weighted by Gasteiger charge is 2.27. The summed E-state index contributed by atoms with van der Waals surface area (Å²) in [6.07, 6.45) is 3.87. The molecule has 5 nitrogen and oxygen atoms in total. The van der Waals surface area contributed by atoms with Gasteiger partial charge in [0, 0.05) is 19.3 Å². The summed E-state index contributed by atoms with van der Waals surface area (Å²) in [7, 11) is 0. The molecule has 0 amide bonds. The van der Waals surface area contributed by atoms with E-state index in [1.807, 2.05) is 19.1 Å². The Morgan fingerprint density at radius 1 is 1.41 bits per heavy atom. The van der Waals surface area contributed by atoms with Gasteiger partial charge in [-0.25, -0.2) is 4.98 Å². The van der Waals surface area contributed by atoms with Gasteiger partial charge in [-0.2, -0.15) is 0 Å². The van der Waals surface area contributed by atoms with Gasteiger partial charge < -0.3 is 19.5 Å². The van der Waals surface area contributed by atoms with Crippen molar-refractivity contribution in [2.24, 2.45) is 5.92 Å². The molecule has 5 heteroatoms. The topological polar surface area (TPSA) is 52.6 Å². The first-order chi connectivity index (χ1) is 10.7. The highest BCUT2D eigenvalue weighted by molar-refractivity contribution is 5.32. The van der Waals surface area contributed by atoms with Gasteiger partial charge in [-0.3, -0.25) is 0 Å². The normalized spacial score (nSPS) is 19.9. The van der Waals surface area contributed by atoms with E-state index in [0.717, 1.165) is 32.5 Å².